The molecule has 3 heteroatoms. The molecule has 0 aromatic heterocycles. The molecule has 1 fully saturated rings. The number of hydrogen-bond acceptors (Lipinski definition) is 1. The Morgan fingerprint density at radius 3 is 2.31 bits per heavy atom. The summed E-state index contributed by atoms with van der Waals surface area (Å²) in [6.07, 6.45) is 2.49. The van der Waals surface area contributed by atoms with Crippen LogP contribution in [0, 0.1) is 0 Å². The van der Waals surface area contributed by atoms with Crippen molar-refractivity contribution in [1.29, 1.82) is 0 Å². The lowest BCUT2D eigenvalue weighted by molar-refractivity contribution is 0.305. The van der Waals surface area contributed by atoms with Gasteiger partial charge in [-0.1, -0.05) is 13.3 Å². The number of nitrogens with zero attached hydrogens (tertiary/aromatic N) is 3. The van der Waals surface area contributed by atoms with Crippen LogP contribution in [0.3, 0.4) is 0 Å². The Morgan fingerprint density at radius 1 is 1.31 bits per heavy atom. The Labute approximate surface area is 81.4 Å². The minimum Gasteiger partial charge on any atom is -0.341 e. The zero-order valence-corrected chi connectivity index (χ0v) is 9.41. The minimum atomic E-state index is 0.587. The molecular formula is C10H21N3. The van der Waals surface area contributed by atoms with Gasteiger partial charge in [0.15, 0.2) is 5.96 Å². The van der Waals surface area contributed by atoms with Gasteiger partial charge in [0.2, 0.25) is 0 Å². The Morgan fingerprint density at radius 2 is 1.92 bits per heavy atom. The molecule has 1 saturated heterocycles. The average Bonchev–Trinajstić information content (AvgIpc) is 2.31. The van der Waals surface area contributed by atoms with E-state index in [9.17, 15) is 0 Å². The molecule has 2 atom stereocenters. The van der Waals surface area contributed by atoms with Crippen LogP contribution >= 0.6 is 0 Å². The van der Waals surface area contributed by atoms with Crippen LogP contribution in [0.2, 0.25) is 0 Å². The Kier molecular flexibility index (Phi) is 3.17. The first-order chi connectivity index (χ1) is 6.13. The molecule has 0 aromatic carbocycles. The van der Waals surface area contributed by atoms with Crippen molar-refractivity contribution in [3.8, 4) is 0 Å². The number of likely N-dealkylation sites (N-methyl/N-ethyl adjacent to an activating group) is 2. The van der Waals surface area contributed by atoms with E-state index in [2.05, 4.69) is 42.7 Å². The second-order valence-corrected chi connectivity index (χ2v) is 3.84. The fourth-order valence-electron chi connectivity index (χ4n) is 2.21. The maximum absolute atomic E-state index is 4.30. The fraction of sp³-hybridized carbons (Fsp3) is 0.900. The topological polar surface area (TPSA) is 18.8 Å². The number of rotatable bonds is 2. The van der Waals surface area contributed by atoms with Crippen LogP contribution in [-0.2, 0) is 0 Å². The zero-order valence-electron chi connectivity index (χ0n) is 9.41. The molecule has 1 aliphatic rings. The van der Waals surface area contributed by atoms with Crippen molar-refractivity contribution in [3.05, 3.63) is 0 Å². The van der Waals surface area contributed by atoms with Crippen LogP contribution in [0.15, 0.2) is 4.99 Å². The molecule has 0 saturated carbocycles. The van der Waals surface area contributed by atoms with Crippen molar-refractivity contribution in [2.24, 2.45) is 4.99 Å². The van der Waals surface area contributed by atoms with Crippen LogP contribution in [0.4, 0.5) is 0 Å². The van der Waals surface area contributed by atoms with E-state index in [1.165, 1.54) is 12.8 Å². The smallest absolute Gasteiger partial charge is 0.196 e. The summed E-state index contributed by atoms with van der Waals surface area (Å²) in [7, 11) is 6.13. The summed E-state index contributed by atoms with van der Waals surface area (Å²) in [5.41, 5.74) is 0. The maximum atomic E-state index is 4.30. The van der Waals surface area contributed by atoms with Crippen LogP contribution in [0.25, 0.3) is 0 Å². The van der Waals surface area contributed by atoms with Crippen LogP contribution < -0.4 is 0 Å². The van der Waals surface area contributed by atoms with Gasteiger partial charge < -0.3 is 9.80 Å². The van der Waals surface area contributed by atoms with Crippen LogP contribution in [-0.4, -0.2) is 49.0 Å². The Balaban J connectivity index is 2.78. The van der Waals surface area contributed by atoms with Crippen molar-refractivity contribution < 1.29 is 0 Å². The third-order valence-electron chi connectivity index (χ3n) is 3.08. The summed E-state index contributed by atoms with van der Waals surface area (Å²) < 4.78 is 0. The molecule has 0 spiro atoms. The standard InChI is InChI=1S/C10H21N3/c1-6-7-9-8(2)12(4)10(11-3)13(9)5/h8-9H,6-7H2,1-5H3. The highest BCUT2D eigenvalue weighted by molar-refractivity contribution is 5.82. The van der Waals surface area contributed by atoms with Gasteiger partial charge in [0.1, 0.15) is 0 Å². The molecule has 0 aliphatic carbocycles. The summed E-state index contributed by atoms with van der Waals surface area (Å²) in [4.78, 5) is 8.86. The lowest BCUT2D eigenvalue weighted by Crippen LogP contribution is -2.32. The number of aliphatic imine (C=N–C) groups is 1. The molecule has 0 aromatic rings. The Bertz CT molecular complexity index is 200. The molecule has 0 bridgehead atoms. The second-order valence-electron chi connectivity index (χ2n) is 3.84. The summed E-state index contributed by atoms with van der Waals surface area (Å²) in [5, 5.41) is 0. The van der Waals surface area contributed by atoms with Crippen molar-refractivity contribution >= 4 is 5.96 Å². The maximum Gasteiger partial charge on any atom is 0.196 e. The summed E-state index contributed by atoms with van der Waals surface area (Å²) in [6.45, 7) is 4.51. The summed E-state index contributed by atoms with van der Waals surface area (Å²) >= 11 is 0. The SMILES string of the molecule is CCCC1C(C)N(C)C(=NC)N1C. The van der Waals surface area contributed by atoms with Crippen molar-refractivity contribution in [3.63, 3.8) is 0 Å². The second kappa shape index (κ2) is 3.99. The highest BCUT2D eigenvalue weighted by Gasteiger charge is 2.35. The van der Waals surface area contributed by atoms with E-state index >= 15 is 0 Å². The van der Waals surface area contributed by atoms with Gasteiger partial charge in [-0.3, -0.25) is 4.99 Å². The summed E-state index contributed by atoms with van der Waals surface area (Å²) in [6, 6.07) is 1.22. The number of hydrogen-bond donors (Lipinski definition) is 0. The molecule has 1 rings (SSSR count). The Hall–Kier alpha value is -0.730. The van der Waals surface area contributed by atoms with E-state index in [-0.39, 0.29) is 0 Å². The first-order valence-electron chi connectivity index (χ1n) is 5.05. The van der Waals surface area contributed by atoms with E-state index in [4.69, 9.17) is 0 Å². The third-order valence-corrected chi connectivity index (χ3v) is 3.08. The predicted octanol–water partition coefficient (Wildman–Crippen LogP) is 1.41. The van der Waals surface area contributed by atoms with Crippen LogP contribution in [0.5, 0.6) is 0 Å². The van der Waals surface area contributed by atoms with Crippen molar-refractivity contribution in [2.75, 3.05) is 21.1 Å². The van der Waals surface area contributed by atoms with Crippen molar-refractivity contribution in [2.45, 2.75) is 38.8 Å². The molecule has 76 valence electrons. The lowest BCUT2D eigenvalue weighted by Gasteiger charge is -2.21. The lowest BCUT2D eigenvalue weighted by atomic mass is 10.1. The molecule has 1 heterocycles. The molecular weight excluding hydrogens is 162 g/mol. The van der Waals surface area contributed by atoms with Gasteiger partial charge in [0.05, 0.1) is 6.04 Å². The highest BCUT2D eigenvalue weighted by atomic mass is 15.4. The van der Waals surface area contributed by atoms with Gasteiger partial charge in [-0.05, 0) is 13.3 Å². The molecule has 1 aliphatic heterocycles. The molecule has 2 unspecified atom stereocenters. The normalized spacial score (nSPS) is 31.9. The van der Waals surface area contributed by atoms with Gasteiger partial charge in [-0.2, -0.15) is 0 Å². The van der Waals surface area contributed by atoms with Gasteiger partial charge in [0, 0.05) is 27.2 Å². The van der Waals surface area contributed by atoms with E-state index in [0.29, 0.717) is 12.1 Å². The number of guanidine groups is 1. The third kappa shape index (κ3) is 1.64. The van der Waals surface area contributed by atoms with E-state index < -0.39 is 0 Å². The van der Waals surface area contributed by atoms with Crippen molar-refractivity contribution in [1.82, 2.24) is 9.80 Å². The zero-order chi connectivity index (χ0) is 10.0. The van der Waals surface area contributed by atoms with E-state index in [0.717, 1.165) is 5.96 Å². The van der Waals surface area contributed by atoms with Gasteiger partial charge in [0.25, 0.3) is 0 Å². The van der Waals surface area contributed by atoms with Gasteiger partial charge in [-0.15, -0.1) is 0 Å². The predicted molar refractivity (Wildman–Crippen MR) is 57.0 cm³/mol. The molecule has 13 heavy (non-hydrogen) atoms. The van der Waals surface area contributed by atoms with E-state index in [1.807, 2.05) is 7.05 Å². The largest absolute Gasteiger partial charge is 0.341 e. The average molecular weight is 183 g/mol. The quantitative estimate of drug-likeness (QED) is 0.644. The molecule has 0 radical (unpaired) electrons. The minimum absolute atomic E-state index is 0.587. The highest BCUT2D eigenvalue weighted by Crippen LogP contribution is 2.22. The van der Waals surface area contributed by atoms with Gasteiger partial charge in [-0.25, -0.2) is 0 Å². The molecule has 3 nitrogen and oxygen atoms in total. The summed E-state index contributed by atoms with van der Waals surface area (Å²) in [5.74, 6) is 1.12. The van der Waals surface area contributed by atoms with E-state index in [1.54, 1.807) is 0 Å². The first kappa shape index (κ1) is 10.4. The van der Waals surface area contributed by atoms with Crippen LogP contribution in [0.1, 0.15) is 26.7 Å². The molecule has 0 amide bonds. The molecule has 0 N–H and O–H groups in total. The fourth-order valence-corrected chi connectivity index (χ4v) is 2.21. The first-order valence-corrected chi connectivity index (χ1v) is 5.05. The monoisotopic (exact) mass is 183 g/mol. The van der Waals surface area contributed by atoms with Gasteiger partial charge >= 0.3 is 0 Å².